The van der Waals surface area contributed by atoms with Crippen LogP contribution >= 0.6 is 0 Å². The van der Waals surface area contributed by atoms with E-state index in [4.69, 9.17) is 5.11 Å². The van der Waals surface area contributed by atoms with Gasteiger partial charge in [0.2, 0.25) is 0 Å². The maximum absolute atomic E-state index is 11.5. The van der Waals surface area contributed by atoms with Crippen LogP contribution in [0.25, 0.3) is 0 Å². The summed E-state index contributed by atoms with van der Waals surface area (Å²) in [5.41, 5.74) is 2.15. The minimum absolute atomic E-state index is 0.245. The number of hydrogen-bond donors (Lipinski definition) is 3. The zero-order valence-electron chi connectivity index (χ0n) is 11.5. The number of nitrogens with one attached hydrogen (secondary N) is 2. The van der Waals surface area contributed by atoms with Gasteiger partial charge in [0.05, 0.1) is 5.56 Å². The average Bonchev–Trinajstić information content (AvgIpc) is 2.52. The number of nitrogens with zero attached hydrogens (tertiary/aromatic N) is 1. The molecular formula is C15H15N3O3. The Hall–Kier alpha value is -2.89. The molecule has 0 bridgehead atoms. The predicted octanol–water partition coefficient (Wildman–Crippen LogP) is 1.75. The predicted molar refractivity (Wildman–Crippen MR) is 78.4 cm³/mol. The Bertz CT molecular complexity index is 671. The van der Waals surface area contributed by atoms with Crippen molar-refractivity contribution >= 4 is 17.6 Å². The summed E-state index contributed by atoms with van der Waals surface area (Å²) in [6.45, 7) is 0.457. The summed E-state index contributed by atoms with van der Waals surface area (Å²) in [6, 6.07) is 10.1. The molecule has 0 saturated heterocycles. The first-order valence-electron chi connectivity index (χ1n) is 6.34. The summed E-state index contributed by atoms with van der Waals surface area (Å²) in [4.78, 5) is 26.4. The van der Waals surface area contributed by atoms with Crippen LogP contribution < -0.4 is 10.6 Å². The molecule has 6 heteroatoms. The fourth-order valence-corrected chi connectivity index (χ4v) is 1.81. The van der Waals surface area contributed by atoms with Crippen LogP contribution in [0.5, 0.6) is 0 Å². The van der Waals surface area contributed by atoms with E-state index in [1.807, 2.05) is 6.07 Å². The summed E-state index contributed by atoms with van der Waals surface area (Å²) < 4.78 is 0. The van der Waals surface area contributed by atoms with Crippen LogP contribution in [0.4, 0.5) is 5.69 Å². The van der Waals surface area contributed by atoms with Crippen LogP contribution in [-0.2, 0) is 6.54 Å². The number of aromatic carboxylic acids is 1. The minimum Gasteiger partial charge on any atom is -0.478 e. The number of rotatable bonds is 5. The molecule has 1 amide bonds. The quantitative estimate of drug-likeness (QED) is 0.778. The molecule has 0 aliphatic rings. The van der Waals surface area contributed by atoms with E-state index in [-0.39, 0.29) is 11.5 Å². The van der Waals surface area contributed by atoms with Crippen molar-refractivity contribution in [2.45, 2.75) is 6.54 Å². The zero-order chi connectivity index (χ0) is 15.2. The lowest BCUT2D eigenvalue weighted by Crippen LogP contribution is -2.19. The lowest BCUT2D eigenvalue weighted by Gasteiger charge is -2.08. The fraction of sp³-hybridized carbons (Fsp3) is 0.133. The molecule has 108 valence electrons. The molecule has 3 N–H and O–H groups in total. The van der Waals surface area contributed by atoms with Gasteiger partial charge in [-0.05, 0) is 29.8 Å². The van der Waals surface area contributed by atoms with Crippen molar-refractivity contribution in [1.82, 2.24) is 10.3 Å². The van der Waals surface area contributed by atoms with Crippen LogP contribution in [0.3, 0.4) is 0 Å². The fourth-order valence-electron chi connectivity index (χ4n) is 1.81. The second kappa shape index (κ2) is 6.51. The molecule has 0 aliphatic heterocycles. The average molecular weight is 285 g/mol. The molecular weight excluding hydrogens is 270 g/mol. The summed E-state index contributed by atoms with van der Waals surface area (Å²) >= 11 is 0. The lowest BCUT2D eigenvalue weighted by molar-refractivity contribution is 0.0696. The highest BCUT2D eigenvalue weighted by Gasteiger charge is 2.06. The van der Waals surface area contributed by atoms with Gasteiger partial charge >= 0.3 is 5.97 Å². The monoisotopic (exact) mass is 285 g/mol. The third kappa shape index (κ3) is 3.79. The molecule has 0 radical (unpaired) electrons. The van der Waals surface area contributed by atoms with E-state index in [9.17, 15) is 9.59 Å². The molecule has 0 unspecified atom stereocenters. The van der Waals surface area contributed by atoms with Crippen molar-refractivity contribution in [3.05, 3.63) is 59.4 Å². The highest BCUT2D eigenvalue weighted by molar-refractivity contribution is 5.92. The van der Waals surface area contributed by atoms with Gasteiger partial charge in [0.15, 0.2) is 0 Å². The smallest absolute Gasteiger partial charge is 0.335 e. The Labute approximate surface area is 121 Å². The Morgan fingerprint density at radius 3 is 2.76 bits per heavy atom. The van der Waals surface area contributed by atoms with Crippen LogP contribution in [0.2, 0.25) is 0 Å². The number of benzene rings is 1. The van der Waals surface area contributed by atoms with E-state index in [1.165, 1.54) is 0 Å². The van der Waals surface area contributed by atoms with E-state index in [1.54, 1.807) is 43.6 Å². The van der Waals surface area contributed by atoms with Crippen LogP contribution in [0.15, 0.2) is 42.6 Å². The van der Waals surface area contributed by atoms with Crippen molar-refractivity contribution < 1.29 is 14.7 Å². The number of pyridine rings is 1. The van der Waals surface area contributed by atoms with E-state index < -0.39 is 5.97 Å². The molecule has 2 rings (SSSR count). The Morgan fingerprint density at radius 2 is 2.05 bits per heavy atom. The number of carboxylic acid groups (broad SMARTS) is 1. The first kappa shape index (κ1) is 14.5. The normalized spacial score (nSPS) is 9.95. The maximum Gasteiger partial charge on any atom is 0.335 e. The van der Waals surface area contributed by atoms with Gasteiger partial charge in [-0.2, -0.15) is 0 Å². The Balaban J connectivity index is 2.08. The molecule has 21 heavy (non-hydrogen) atoms. The van der Waals surface area contributed by atoms with Crippen LogP contribution in [0.1, 0.15) is 26.4 Å². The highest BCUT2D eigenvalue weighted by atomic mass is 16.4. The van der Waals surface area contributed by atoms with Gasteiger partial charge in [-0.3, -0.25) is 9.78 Å². The van der Waals surface area contributed by atoms with Crippen molar-refractivity contribution in [2.24, 2.45) is 0 Å². The number of carboxylic acids is 1. The Kier molecular flexibility index (Phi) is 4.50. The van der Waals surface area contributed by atoms with Gasteiger partial charge in [-0.15, -0.1) is 0 Å². The van der Waals surface area contributed by atoms with Crippen LogP contribution in [-0.4, -0.2) is 29.0 Å². The minimum atomic E-state index is -0.956. The van der Waals surface area contributed by atoms with Crippen molar-refractivity contribution in [3.8, 4) is 0 Å². The number of carbonyl (C=O) groups is 2. The highest BCUT2D eigenvalue weighted by Crippen LogP contribution is 2.11. The maximum atomic E-state index is 11.5. The molecule has 1 aromatic carbocycles. The summed E-state index contributed by atoms with van der Waals surface area (Å²) in [5, 5.41) is 14.6. The molecule has 1 aromatic heterocycles. The number of carbonyl (C=O) groups excluding carboxylic acids is 1. The van der Waals surface area contributed by atoms with E-state index in [2.05, 4.69) is 15.6 Å². The van der Waals surface area contributed by atoms with E-state index in [0.29, 0.717) is 12.2 Å². The molecule has 6 nitrogen and oxygen atoms in total. The van der Waals surface area contributed by atoms with Gasteiger partial charge in [0, 0.05) is 25.5 Å². The second-order valence-electron chi connectivity index (χ2n) is 4.37. The molecule has 0 atom stereocenters. The van der Waals surface area contributed by atoms with Crippen molar-refractivity contribution in [3.63, 3.8) is 0 Å². The van der Waals surface area contributed by atoms with Gasteiger partial charge in [0.25, 0.3) is 5.91 Å². The number of amides is 1. The summed E-state index contributed by atoms with van der Waals surface area (Å²) in [5.74, 6) is -1.21. The van der Waals surface area contributed by atoms with E-state index >= 15 is 0 Å². The van der Waals surface area contributed by atoms with Gasteiger partial charge < -0.3 is 15.7 Å². The third-order valence-electron chi connectivity index (χ3n) is 2.89. The first-order valence-corrected chi connectivity index (χ1v) is 6.34. The summed E-state index contributed by atoms with van der Waals surface area (Å²) in [6.07, 6.45) is 1.54. The number of anilines is 1. The van der Waals surface area contributed by atoms with Crippen molar-refractivity contribution in [1.29, 1.82) is 0 Å². The first-order chi connectivity index (χ1) is 10.1. The van der Waals surface area contributed by atoms with Gasteiger partial charge in [-0.25, -0.2) is 4.79 Å². The van der Waals surface area contributed by atoms with Gasteiger partial charge in [0.1, 0.15) is 5.69 Å². The molecule has 0 fully saturated rings. The number of hydrogen-bond acceptors (Lipinski definition) is 4. The Morgan fingerprint density at radius 1 is 1.24 bits per heavy atom. The third-order valence-corrected chi connectivity index (χ3v) is 2.89. The molecule has 0 saturated carbocycles. The molecule has 1 heterocycles. The molecule has 0 spiro atoms. The SMILES string of the molecule is CNC(=O)c1cc(NCc2cccc(C(=O)O)c2)ccn1. The van der Waals surface area contributed by atoms with Gasteiger partial charge in [-0.1, -0.05) is 12.1 Å². The summed E-state index contributed by atoms with van der Waals surface area (Å²) in [7, 11) is 1.54. The number of aromatic nitrogens is 1. The van der Waals surface area contributed by atoms with Crippen LogP contribution in [0, 0.1) is 0 Å². The zero-order valence-corrected chi connectivity index (χ0v) is 11.5. The molecule has 2 aromatic rings. The lowest BCUT2D eigenvalue weighted by atomic mass is 10.1. The standard InChI is InChI=1S/C15H15N3O3/c1-16-14(19)13-8-12(5-6-17-13)18-9-10-3-2-4-11(7-10)15(20)21/h2-8H,9H2,1H3,(H,16,19)(H,17,18)(H,20,21). The topological polar surface area (TPSA) is 91.3 Å². The second-order valence-corrected chi connectivity index (χ2v) is 4.37. The van der Waals surface area contributed by atoms with E-state index in [0.717, 1.165) is 11.3 Å². The van der Waals surface area contributed by atoms with Crippen molar-refractivity contribution in [2.75, 3.05) is 12.4 Å². The largest absolute Gasteiger partial charge is 0.478 e. The molecule has 0 aliphatic carbocycles.